The number of aliphatic hydroxyl groups excluding tert-OH is 3. The molecule has 2 fully saturated rings. The van der Waals surface area contributed by atoms with Gasteiger partial charge in [-0.3, -0.25) is 4.79 Å². The van der Waals surface area contributed by atoms with Gasteiger partial charge in [-0.15, -0.1) is 0 Å². The Kier molecular flexibility index (Phi) is 3.64. The van der Waals surface area contributed by atoms with Crippen molar-refractivity contribution in [3.05, 3.63) is 0 Å². The minimum absolute atomic E-state index is 0.0585. The highest BCUT2D eigenvalue weighted by atomic mass is 16.7. The predicted octanol–water partition coefficient (Wildman–Crippen LogP) is -1.85. The van der Waals surface area contributed by atoms with E-state index >= 15 is 0 Å². The average Bonchev–Trinajstić information content (AvgIpc) is 2.41. The number of ether oxygens (including phenoxy) is 3. The van der Waals surface area contributed by atoms with Crippen molar-refractivity contribution in [3.8, 4) is 0 Å². The van der Waals surface area contributed by atoms with Crippen LogP contribution < -0.4 is 0 Å². The van der Waals surface area contributed by atoms with Crippen molar-refractivity contribution in [3.63, 3.8) is 0 Å². The van der Waals surface area contributed by atoms with Crippen molar-refractivity contribution in [1.29, 1.82) is 0 Å². The molecule has 7 heteroatoms. The monoisotopic (exact) mass is 248 g/mol. The Morgan fingerprint density at radius 3 is 2.65 bits per heavy atom. The fourth-order valence-corrected chi connectivity index (χ4v) is 2.00. The van der Waals surface area contributed by atoms with Gasteiger partial charge in [-0.05, 0) is 6.92 Å². The summed E-state index contributed by atoms with van der Waals surface area (Å²) in [6, 6.07) is 0. The van der Waals surface area contributed by atoms with Crippen LogP contribution in [0.15, 0.2) is 0 Å². The fourth-order valence-electron chi connectivity index (χ4n) is 2.00. The molecule has 3 N–H and O–H groups in total. The third-order valence-corrected chi connectivity index (χ3v) is 2.91. The van der Waals surface area contributed by atoms with E-state index in [9.17, 15) is 15.0 Å². The van der Waals surface area contributed by atoms with Gasteiger partial charge in [0.25, 0.3) is 0 Å². The fraction of sp³-hybridized carbons (Fsp3) is 0.900. The van der Waals surface area contributed by atoms with E-state index in [0.29, 0.717) is 0 Å². The molecule has 17 heavy (non-hydrogen) atoms. The van der Waals surface area contributed by atoms with Gasteiger partial charge in [0.05, 0.1) is 19.1 Å². The minimum Gasteiger partial charge on any atom is -0.454 e. The van der Waals surface area contributed by atoms with Gasteiger partial charge in [-0.2, -0.15) is 0 Å². The zero-order valence-corrected chi connectivity index (χ0v) is 9.35. The first-order chi connectivity index (χ1) is 8.02. The van der Waals surface area contributed by atoms with Crippen LogP contribution in [0.4, 0.5) is 0 Å². The Morgan fingerprint density at radius 2 is 2.00 bits per heavy atom. The van der Waals surface area contributed by atoms with Crippen molar-refractivity contribution in [1.82, 2.24) is 0 Å². The van der Waals surface area contributed by atoms with Crippen molar-refractivity contribution >= 4 is 5.97 Å². The molecule has 2 aliphatic heterocycles. The molecule has 2 rings (SSSR count). The molecule has 2 heterocycles. The molecule has 98 valence electrons. The van der Waals surface area contributed by atoms with Gasteiger partial charge in [-0.25, -0.2) is 0 Å². The van der Waals surface area contributed by atoms with E-state index < -0.39 is 49.4 Å². The molecular weight excluding hydrogens is 232 g/mol. The molecular formula is C10H16O7. The zero-order valence-electron chi connectivity index (χ0n) is 9.35. The maximum Gasteiger partial charge on any atom is 0.308 e. The third-order valence-electron chi connectivity index (χ3n) is 2.91. The van der Waals surface area contributed by atoms with Gasteiger partial charge in [-0.1, -0.05) is 0 Å². The SMILES string of the molecule is CC1CC(=O)O[C@H]2C(O1)O[C@H](CO)[C@@H](O)[C@@H]2O. The Morgan fingerprint density at radius 1 is 1.29 bits per heavy atom. The van der Waals surface area contributed by atoms with Crippen molar-refractivity contribution < 1.29 is 34.3 Å². The molecule has 0 saturated carbocycles. The topological polar surface area (TPSA) is 105 Å². The van der Waals surface area contributed by atoms with E-state index in [1.807, 2.05) is 0 Å². The van der Waals surface area contributed by atoms with Crippen LogP contribution >= 0.6 is 0 Å². The summed E-state index contributed by atoms with van der Waals surface area (Å²) in [7, 11) is 0. The molecule has 0 aromatic heterocycles. The van der Waals surface area contributed by atoms with Crippen molar-refractivity contribution in [2.75, 3.05) is 6.61 Å². The first kappa shape index (κ1) is 12.7. The highest BCUT2D eigenvalue weighted by Crippen LogP contribution is 2.28. The summed E-state index contributed by atoms with van der Waals surface area (Å²) in [5.41, 5.74) is 0. The molecule has 2 saturated heterocycles. The average molecular weight is 248 g/mol. The molecule has 2 aliphatic rings. The Labute approximate surface area is 97.9 Å². The van der Waals surface area contributed by atoms with Gasteiger partial charge in [0.2, 0.25) is 0 Å². The smallest absolute Gasteiger partial charge is 0.308 e. The van der Waals surface area contributed by atoms with E-state index in [1.165, 1.54) is 0 Å². The molecule has 0 spiro atoms. The summed E-state index contributed by atoms with van der Waals surface area (Å²) in [6.45, 7) is 1.23. The summed E-state index contributed by atoms with van der Waals surface area (Å²) in [4.78, 5) is 11.4. The minimum atomic E-state index is -1.33. The van der Waals surface area contributed by atoms with E-state index in [4.69, 9.17) is 19.3 Å². The molecule has 2 unspecified atom stereocenters. The van der Waals surface area contributed by atoms with Gasteiger partial charge >= 0.3 is 5.97 Å². The van der Waals surface area contributed by atoms with Crippen LogP contribution in [0.1, 0.15) is 13.3 Å². The molecule has 0 aromatic carbocycles. The van der Waals surface area contributed by atoms with Gasteiger partial charge in [0.1, 0.15) is 18.3 Å². The summed E-state index contributed by atoms with van der Waals surface area (Å²) < 4.78 is 15.6. The molecule has 0 aromatic rings. The van der Waals surface area contributed by atoms with Crippen LogP contribution in [0.25, 0.3) is 0 Å². The number of carbonyl (C=O) groups is 1. The van der Waals surface area contributed by atoms with E-state index in [0.717, 1.165) is 0 Å². The maximum atomic E-state index is 11.4. The molecule has 0 radical (unpaired) electrons. The van der Waals surface area contributed by atoms with Crippen LogP contribution in [-0.4, -0.2) is 64.7 Å². The molecule has 0 bridgehead atoms. The number of hydrogen-bond donors (Lipinski definition) is 3. The second-order valence-corrected chi connectivity index (χ2v) is 4.31. The van der Waals surface area contributed by atoms with E-state index in [-0.39, 0.29) is 6.42 Å². The van der Waals surface area contributed by atoms with Gasteiger partial charge in [0.15, 0.2) is 12.4 Å². The predicted molar refractivity (Wildman–Crippen MR) is 52.8 cm³/mol. The Bertz CT molecular complexity index is 294. The van der Waals surface area contributed by atoms with Crippen LogP contribution in [0.2, 0.25) is 0 Å². The molecule has 7 nitrogen and oxygen atoms in total. The van der Waals surface area contributed by atoms with Crippen LogP contribution in [-0.2, 0) is 19.0 Å². The summed E-state index contributed by atoms with van der Waals surface area (Å²) in [5, 5.41) is 28.4. The largest absolute Gasteiger partial charge is 0.454 e. The molecule has 0 amide bonds. The number of carbonyl (C=O) groups excluding carboxylic acids is 1. The maximum absolute atomic E-state index is 11.4. The number of fused-ring (bicyclic) bond motifs is 1. The third kappa shape index (κ3) is 2.43. The van der Waals surface area contributed by atoms with Gasteiger partial charge < -0.3 is 29.5 Å². The highest BCUT2D eigenvalue weighted by molar-refractivity contribution is 5.70. The molecule has 6 atom stereocenters. The molecule has 0 aliphatic carbocycles. The quantitative estimate of drug-likeness (QED) is 0.467. The number of aliphatic hydroxyl groups is 3. The van der Waals surface area contributed by atoms with Crippen molar-refractivity contribution in [2.45, 2.75) is 50.2 Å². The van der Waals surface area contributed by atoms with Crippen molar-refractivity contribution in [2.24, 2.45) is 0 Å². The lowest BCUT2D eigenvalue weighted by atomic mass is 9.99. The second kappa shape index (κ2) is 4.87. The van der Waals surface area contributed by atoms with Gasteiger partial charge in [0, 0.05) is 0 Å². The second-order valence-electron chi connectivity index (χ2n) is 4.31. The highest BCUT2D eigenvalue weighted by Gasteiger charge is 2.48. The first-order valence-electron chi connectivity index (χ1n) is 5.50. The normalized spacial score (nSPS) is 46.9. The Hall–Kier alpha value is -0.730. The number of hydrogen-bond acceptors (Lipinski definition) is 7. The van der Waals surface area contributed by atoms with Crippen LogP contribution in [0.3, 0.4) is 0 Å². The number of esters is 1. The lowest BCUT2D eigenvalue weighted by Gasteiger charge is -2.40. The summed E-state index contributed by atoms with van der Waals surface area (Å²) >= 11 is 0. The summed E-state index contributed by atoms with van der Waals surface area (Å²) in [6.07, 6.45) is -5.97. The van der Waals surface area contributed by atoms with Crippen LogP contribution in [0.5, 0.6) is 0 Å². The lowest BCUT2D eigenvalue weighted by molar-refractivity contribution is -0.303. The Balaban J connectivity index is 2.17. The first-order valence-corrected chi connectivity index (χ1v) is 5.50. The lowest BCUT2D eigenvalue weighted by Crippen LogP contribution is -2.60. The summed E-state index contributed by atoms with van der Waals surface area (Å²) in [5.74, 6) is -0.512. The van der Waals surface area contributed by atoms with E-state index in [2.05, 4.69) is 0 Å². The van der Waals surface area contributed by atoms with Crippen LogP contribution in [0, 0.1) is 0 Å². The number of rotatable bonds is 1. The van der Waals surface area contributed by atoms with E-state index in [1.54, 1.807) is 6.92 Å². The standard InChI is InChI=1S/C10H16O7/c1-4-2-6(12)17-9-8(14)7(13)5(3-11)16-10(9)15-4/h4-5,7-11,13-14H,2-3H2,1H3/t4?,5-,7-,8+,9-,10?/m1/s1. The zero-order chi connectivity index (χ0) is 12.6.